The van der Waals surface area contributed by atoms with Crippen molar-refractivity contribution in [1.82, 2.24) is 25.8 Å². The van der Waals surface area contributed by atoms with Crippen molar-refractivity contribution in [2.75, 3.05) is 39.4 Å². The van der Waals surface area contributed by atoms with Crippen molar-refractivity contribution in [2.24, 2.45) is 17.8 Å². The fourth-order valence-corrected chi connectivity index (χ4v) is 5.37. The summed E-state index contributed by atoms with van der Waals surface area (Å²) < 4.78 is 10.2. The minimum atomic E-state index is -1.14. The van der Waals surface area contributed by atoms with Gasteiger partial charge < -0.3 is 35.2 Å². The van der Waals surface area contributed by atoms with Crippen molar-refractivity contribution >= 4 is 41.5 Å². The molecule has 3 atom stereocenters. The predicted molar refractivity (Wildman–Crippen MR) is 163 cm³/mol. The molecule has 3 unspecified atom stereocenters. The van der Waals surface area contributed by atoms with Crippen LogP contribution in [0.4, 0.5) is 4.79 Å². The lowest BCUT2D eigenvalue weighted by molar-refractivity contribution is -0.151. The number of piperidine rings is 1. The maximum absolute atomic E-state index is 13.5. The molecule has 14 heteroatoms. The number of nitrogens with one attached hydrogen (secondary N) is 3. The molecule has 0 aromatic carbocycles. The van der Waals surface area contributed by atoms with E-state index in [1.807, 2.05) is 13.8 Å². The summed E-state index contributed by atoms with van der Waals surface area (Å²) in [6, 6.07) is -2.92. The first-order valence-corrected chi connectivity index (χ1v) is 16.1. The molecule has 2 aliphatic heterocycles. The molecular weight excluding hydrogens is 586 g/mol. The molecule has 0 aliphatic carbocycles. The summed E-state index contributed by atoms with van der Waals surface area (Å²) in [6.45, 7) is 12.0. The van der Waals surface area contributed by atoms with Crippen molar-refractivity contribution in [3.8, 4) is 0 Å². The molecule has 3 N–H and O–H groups in total. The lowest BCUT2D eigenvalue weighted by Crippen LogP contribution is -2.57. The van der Waals surface area contributed by atoms with E-state index in [4.69, 9.17) is 9.47 Å². The number of alkyl carbamates (subject to hydrolysis) is 1. The van der Waals surface area contributed by atoms with E-state index in [9.17, 15) is 33.6 Å². The molecule has 0 bridgehead atoms. The van der Waals surface area contributed by atoms with E-state index in [2.05, 4.69) is 16.0 Å². The van der Waals surface area contributed by atoms with E-state index in [0.29, 0.717) is 58.3 Å². The Morgan fingerprint density at radius 3 is 2.11 bits per heavy atom. The third-order valence-electron chi connectivity index (χ3n) is 7.89. The van der Waals surface area contributed by atoms with Crippen LogP contribution in [0.1, 0.15) is 80.1 Å². The topological polar surface area (TPSA) is 181 Å². The first-order valence-electron chi connectivity index (χ1n) is 16.1. The maximum atomic E-state index is 13.5. The SMILES string of the molecule is CCCC(NC(=O)C1CCCN1C(=O)C(NC(=O)OCC(C)C)C(C)C)C(=O)C(=O)NCC(=O)N1CCC(C(=O)OCC)CC1. The van der Waals surface area contributed by atoms with Crippen molar-refractivity contribution < 1.29 is 43.0 Å². The fraction of sp³-hybridized carbons (Fsp3) is 0.774. The zero-order valence-corrected chi connectivity index (χ0v) is 27.5. The summed E-state index contributed by atoms with van der Waals surface area (Å²) in [5, 5.41) is 7.63. The maximum Gasteiger partial charge on any atom is 0.407 e. The summed E-state index contributed by atoms with van der Waals surface area (Å²) >= 11 is 0. The van der Waals surface area contributed by atoms with Gasteiger partial charge in [-0.15, -0.1) is 0 Å². The molecule has 254 valence electrons. The standard InChI is InChI=1S/C31H51N5O9/c1-7-10-22(26(38)28(40)32-17-24(37)35-15-12-21(13-16-35)30(42)44-8-2)33-27(39)23-11-9-14-36(23)29(41)25(20(5)6)34-31(43)45-18-19(3)4/h19-23,25H,7-18H2,1-6H3,(H,32,40)(H,33,39)(H,34,43). The monoisotopic (exact) mass is 637 g/mol. The highest BCUT2D eigenvalue weighted by atomic mass is 16.5. The van der Waals surface area contributed by atoms with Gasteiger partial charge in [0.15, 0.2) is 0 Å². The number of hydrogen-bond donors (Lipinski definition) is 3. The summed E-state index contributed by atoms with van der Waals surface area (Å²) in [7, 11) is 0. The van der Waals surface area contributed by atoms with Gasteiger partial charge in [0.1, 0.15) is 12.1 Å². The number of esters is 1. The Labute approximate surface area is 265 Å². The molecule has 0 aromatic rings. The van der Waals surface area contributed by atoms with Gasteiger partial charge in [0, 0.05) is 19.6 Å². The van der Waals surface area contributed by atoms with Gasteiger partial charge in [0.25, 0.3) is 5.91 Å². The highest BCUT2D eigenvalue weighted by molar-refractivity contribution is 6.38. The van der Waals surface area contributed by atoms with Gasteiger partial charge in [0.2, 0.25) is 23.5 Å². The third kappa shape index (κ3) is 11.3. The Morgan fingerprint density at radius 1 is 0.867 bits per heavy atom. The number of nitrogens with zero attached hydrogens (tertiary/aromatic N) is 2. The van der Waals surface area contributed by atoms with Crippen LogP contribution in [0.2, 0.25) is 0 Å². The smallest absolute Gasteiger partial charge is 0.407 e. The zero-order chi connectivity index (χ0) is 33.7. The highest BCUT2D eigenvalue weighted by Gasteiger charge is 2.40. The van der Waals surface area contributed by atoms with Gasteiger partial charge in [-0.25, -0.2) is 4.79 Å². The summed E-state index contributed by atoms with van der Waals surface area (Å²) in [5.74, 6) is -3.95. The Morgan fingerprint density at radius 2 is 1.53 bits per heavy atom. The van der Waals surface area contributed by atoms with Gasteiger partial charge in [0.05, 0.1) is 31.7 Å². The van der Waals surface area contributed by atoms with E-state index in [1.165, 1.54) is 9.80 Å². The molecule has 0 spiro atoms. The second-order valence-corrected chi connectivity index (χ2v) is 12.4. The molecule has 2 aliphatic rings. The first kappa shape index (κ1) is 37.5. The van der Waals surface area contributed by atoms with Crippen LogP contribution in [0.5, 0.6) is 0 Å². The Kier molecular flexibility index (Phi) is 15.2. The molecule has 2 heterocycles. The molecule has 14 nitrogen and oxygen atoms in total. The Bertz CT molecular complexity index is 1070. The van der Waals surface area contributed by atoms with Crippen molar-refractivity contribution in [3.05, 3.63) is 0 Å². The molecule has 0 saturated carbocycles. The second-order valence-electron chi connectivity index (χ2n) is 12.4. The molecule has 5 amide bonds. The van der Waals surface area contributed by atoms with E-state index in [1.54, 1.807) is 27.7 Å². The molecular formula is C31H51N5O9. The van der Waals surface area contributed by atoms with Crippen LogP contribution in [-0.4, -0.2) is 109 Å². The number of amides is 5. The van der Waals surface area contributed by atoms with Gasteiger partial charge >= 0.3 is 12.1 Å². The lowest BCUT2D eigenvalue weighted by atomic mass is 9.97. The Hall–Kier alpha value is -3.71. The minimum Gasteiger partial charge on any atom is -0.466 e. The van der Waals surface area contributed by atoms with Gasteiger partial charge in [-0.3, -0.25) is 28.8 Å². The van der Waals surface area contributed by atoms with Crippen LogP contribution in [0.25, 0.3) is 0 Å². The Balaban J connectivity index is 1.96. The summed E-state index contributed by atoms with van der Waals surface area (Å²) in [4.78, 5) is 92.4. The minimum absolute atomic E-state index is 0.124. The number of likely N-dealkylation sites (tertiary alicyclic amines) is 2. The van der Waals surface area contributed by atoms with Crippen molar-refractivity contribution in [3.63, 3.8) is 0 Å². The normalized spacial score (nSPS) is 18.3. The molecule has 0 radical (unpaired) electrons. The highest BCUT2D eigenvalue weighted by Crippen LogP contribution is 2.21. The predicted octanol–water partition coefficient (Wildman–Crippen LogP) is 1.16. The molecule has 2 rings (SSSR count). The number of carbonyl (C=O) groups excluding carboxylic acids is 7. The van der Waals surface area contributed by atoms with Gasteiger partial charge in [-0.05, 0) is 50.9 Å². The largest absolute Gasteiger partial charge is 0.466 e. The van der Waals surface area contributed by atoms with Crippen LogP contribution in [0.3, 0.4) is 0 Å². The van der Waals surface area contributed by atoms with Gasteiger partial charge in [-0.1, -0.05) is 41.0 Å². The number of ketones is 1. The number of carbonyl (C=O) groups is 7. The average molecular weight is 638 g/mol. The van der Waals surface area contributed by atoms with Gasteiger partial charge in [-0.2, -0.15) is 0 Å². The zero-order valence-electron chi connectivity index (χ0n) is 27.5. The number of hydrogen-bond acceptors (Lipinski definition) is 9. The van der Waals surface area contributed by atoms with Crippen LogP contribution in [-0.2, 0) is 38.2 Å². The molecule has 45 heavy (non-hydrogen) atoms. The number of ether oxygens (including phenoxy) is 2. The molecule has 0 aromatic heterocycles. The van der Waals surface area contributed by atoms with Crippen molar-refractivity contribution in [2.45, 2.75) is 98.2 Å². The van der Waals surface area contributed by atoms with Crippen LogP contribution < -0.4 is 16.0 Å². The van der Waals surface area contributed by atoms with Crippen LogP contribution in [0.15, 0.2) is 0 Å². The fourth-order valence-electron chi connectivity index (χ4n) is 5.37. The number of rotatable bonds is 15. The molecule has 2 saturated heterocycles. The van der Waals surface area contributed by atoms with E-state index < -0.39 is 54.3 Å². The number of Topliss-reactive ketones (excluding diaryl/α,β-unsaturated/α-hetero) is 1. The molecule has 2 fully saturated rings. The van der Waals surface area contributed by atoms with Crippen molar-refractivity contribution in [1.29, 1.82) is 0 Å². The second kappa shape index (κ2) is 18.3. The van der Waals surface area contributed by atoms with E-state index in [0.717, 1.165) is 0 Å². The lowest BCUT2D eigenvalue weighted by Gasteiger charge is -2.31. The van der Waals surface area contributed by atoms with E-state index >= 15 is 0 Å². The average Bonchev–Trinajstić information content (AvgIpc) is 3.51. The van der Waals surface area contributed by atoms with Crippen LogP contribution >= 0.6 is 0 Å². The third-order valence-corrected chi connectivity index (χ3v) is 7.89. The summed E-state index contributed by atoms with van der Waals surface area (Å²) in [5.41, 5.74) is 0. The van der Waals surface area contributed by atoms with Crippen LogP contribution in [0, 0.1) is 17.8 Å². The summed E-state index contributed by atoms with van der Waals surface area (Å²) in [6.07, 6.45) is 1.79. The first-order chi connectivity index (χ1) is 21.3. The van der Waals surface area contributed by atoms with E-state index in [-0.39, 0.29) is 42.7 Å². The quantitative estimate of drug-likeness (QED) is 0.175.